The van der Waals surface area contributed by atoms with Gasteiger partial charge in [-0.3, -0.25) is 18.9 Å². The number of ether oxygens (including phenoxy) is 3. The molecule has 5 aromatic rings. The van der Waals surface area contributed by atoms with Gasteiger partial charge in [-0.15, -0.1) is 0 Å². The third-order valence-electron chi connectivity index (χ3n) is 8.63. The van der Waals surface area contributed by atoms with E-state index in [0.29, 0.717) is 22.8 Å². The molecule has 10 nitrogen and oxygen atoms in total. The lowest BCUT2D eigenvalue weighted by Gasteiger charge is -2.41. The van der Waals surface area contributed by atoms with Crippen LogP contribution in [0.5, 0.6) is 17.2 Å². The molecule has 0 radical (unpaired) electrons. The topological polar surface area (TPSA) is 118 Å². The first-order valence-corrected chi connectivity index (χ1v) is 19.6. The van der Waals surface area contributed by atoms with Crippen molar-refractivity contribution in [2.45, 2.75) is 44.3 Å². The van der Waals surface area contributed by atoms with E-state index < -0.39 is 42.1 Å². The summed E-state index contributed by atoms with van der Waals surface area (Å²) in [7, 11) is 0. The second kappa shape index (κ2) is 14.3. The maximum Gasteiger partial charge on any atom is 0.440 e. The number of fused-ring (bicyclic) bond motifs is 2. The summed E-state index contributed by atoms with van der Waals surface area (Å²) in [5.41, 5.74) is 0.500. The van der Waals surface area contributed by atoms with Gasteiger partial charge in [-0.05, 0) is 48.1 Å². The Balaban J connectivity index is 1.29. The normalized spacial score (nSPS) is 20.3. The number of halogens is 1. The predicted molar refractivity (Wildman–Crippen MR) is 193 cm³/mol. The highest BCUT2D eigenvalue weighted by Crippen LogP contribution is 2.63. The number of para-hydroxylation sites is 3. The molecule has 0 spiro atoms. The first-order chi connectivity index (χ1) is 24.2. The van der Waals surface area contributed by atoms with Crippen molar-refractivity contribution >= 4 is 29.8 Å². The van der Waals surface area contributed by atoms with Crippen LogP contribution >= 0.6 is 29.8 Å². The molecule has 13 heteroatoms. The SMILES string of the molecule is CCSP(=O)(Oc1ccccc1Cl)O[C@H]1C[C@H](n2cc(C)c(=O)[nH]c2=O)O[C@@H]1COC1(c2ccccc2)c2ccccc2Oc2ccccc21. The third kappa shape index (κ3) is 6.57. The molecule has 1 saturated heterocycles. The van der Waals surface area contributed by atoms with Crippen molar-refractivity contribution in [3.05, 3.63) is 157 Å². The van der Waals surface area contributed by atoms with E-state index in [1.165, 1.54) is 10.8 Å². The number of hydrogen-bond acceptors (Lipinski definition) is 9. The van der Waals surface area contributed by atoms with E-state index in [9.17, 15) is 14.2 Å². The summed E-state index contributed by atoms with van der Waals surface area (Å²) in [6.45, 7) is -0.517. The van der Waals surface area contributed by atoms with Crippen LogP contribution in [0, 0.1) is 6.92 Å². The van der Waals surface area contributed by atoms with Gasteiger partial charge in [-0.1, -0.05) is 97.4 Å². The van der Waals surface area contributed by atoms with Crippen LogP contribution in [0.3, 0.4) is 0 Å². The molecule has 4 atom stereocenters. The van der Waals surface area contributed by atoms with Gasteiger partial charge in [0, 0.05) is 35.1 Å². The molecule has 0 aliphatic carbocycles. The molecule has 258 valence electrons. The van der Waals surface area contributed by atoms with Crippen LogP contribution in [0.1, 0.15) is 41.8 Å². The quantitative estimate of drug-likeness (QED) is 0.134. The number of rotatable bonds is 11. The lowest BCUT2D eigenvalue weighted by atomic mass is 9.77. The molecule has 2 aliphatic rings. The van der Waals surface area contributed by atoms with Gasteiger partial charge in [0.15, 0.2) is 5.60 Å². The van der Waals surface area contributed by atoms with Crippen LogP contribution in [0.15, 0.2) is 119 Å². The molecule has 1 unspecified atom stereocenters. The van der Waals surface area contributed by atoms with E-state index in [0.717, 1.165) is 28.1 Å². The maximum absolute atomic E-state index is 14.4. The lowest BCUT2D eigenvalue weighted by Crippen LogP contribution is -2.40. The summed E-state index contributed by atoms with van der Waals surface area (Å²) in [5, 5.41) is 0.283. The van der Waals surface area contributed by atoms with E-state index in [1.807, 2.05) is 85.8 Å². The molecule has 50 heavy (non-hydrogen) atoms. The number of aromatic amines is 1. The van der Waals surface area contributed by atoms with Crippen LogP contribution in [-0.2, 0) is 24.2 Å². The Bertz CT molecular complexity index is 2130. The van der Waals surface area contributed by atoms with E-state index >= 15 is 0 Å². The van der Waals surface area contributed by atoms with Crippen LogP contribution in [0.4, 0.5) is 0 Å². The molecule has 1 fully saturated rings. The number of benzene rings is 4. The summed E-state index contributed by atoms with van der Waals surface area (Å²) in [4.78, 5) is 27.6. The van der Waals surface area contributed by atoms with Gasteiger partial charge in [0.05, 0.1) is 11.6 Å². The van der Waals surface area contributed by atoms with Gasteiger partial charge in [-0.2, -0.15) is 0 Å². The van der Waals surface area contributed by atoms with Crippen molar-refractivity contribution in [3.63, 3.8) is 0 Å². The molecule has 2 aliphatic heterocycles. The molecule has 1 N–H and O–H groups in total. The average molecular weight is 733 g/mol. The molecule has 0 saturated carbocycles. The van der Waals surface area contributed by atoms with Gasteiger partial charge < -0.3 is 18.7 Å². The molecule has 3 heterocycles. The second-order valence-corrected chi connectivity index (χ2v) is 16.5. The summed E-state index contributed by atoms with van der Waals surface area (Å²) in [5.74, 6) is 1.91. The van der Waals surface area contributed by atoms with E-state index in [4.69, 9.17) is 34.9 Å². The summed E-state index contributed by atoms with van der Waals surface area (Å²) < 4.78 is 48.1. The smallest absolute Gasteiger partial charge is 0.440 e. The number of H-pyrrole nitrogens is 1. The number of nitrogens with zero attached hydrogens (tertiary/aromatic N) is 1. The zero-order valence-corrected chi connectivity index (χ0v) is 29.7. The van der Waals surface area contributed by atoms with Gasteiger partial charge in [0.25, 0.3) is 5.56 Å². The fourth-order valence-corrected chi connectivity index (χ4v) is 9.88. The van der Waals surface area contributed by atoms with Crippen molar-refractivity contribution in [2.24, 2.45) is 0 Å². The Hall–Kier alpha value is -4.09. The maximum atomic E-state index is 14.4. The minimum atomic E-state index is -3.91. The van der Waals surface area contributed by atoms with Gasteiger partial charge in [-0.25, -0.2) is 9.36 Å². The Kier molecular flexibility index (Phi) is 9.80. The zero-order chi connectivity index (χ0) is 34.9. The lowest BCUT2D eigenvalue weighted by molar-refractivity contribution is -0.0935. The fourth-order valence-electron chi connectivity index (χ4n) is 6.36. The Morgan fingerprint density at radius 2 is 1.58 bits per heavy atom. The molecular formula is C37H34ClN2O8PS. The van der Waals surface area contributed by atoms with Gasteiger partial charge in [0.2, 0.25) is 0 Å². The van der Waals surface area contributed by atoms with Crippen molar-refractivity contribution in [2.75, 3.05) is 12.4 Å². The van der Waals surface area contributed by atoms with Crippen LogP contribution in [-0.4, -0.2) is 34.1 Å². The highest BCUT2D eigenvalue weighted by Gasteiger charge is 2.48. The fraction of sp³-hybridized carbons (Fsp3) is 0.243. The third-order valence-corrected chi connectivity index (χ3v) is 12.7. The molecule has 1 aromatic heterocycles. The summed E-state index contributed by atoms with van der Waals surface area (Å²) in [6.07, 6.45) is -1.04. The number of nitrogens with one attached hydrogen (secondary N) is 1. The van der Waals surface area contributed by atoms with E-state index in [1.54, 1.807) is 31.2 Å². The van der Waals surface area contributed by atoms with Crippen LogP contribution in [0.25, 0.3) is 0 Å². The van der Waals surface area contributed by atoms with Crippen molar-refractivity contribution in [1.82, 2.24) is 9.55 Å². The Morgan fingerprint density at radius 3 is 2.26 bits per heavy atom. The largest absolute Gasteiger partial charge is 0.457 e. The molecule has 0 bridgehead atoms. The van der Waals surface area contributed by atoms with E-state index in [2.05, 4.69) is 4.98 Å². The molecule has 7 rings (SSSR count). The number of aryl methyl sites for hydroxylation is 1. The zero-order valence-electron chi connectivity index (χ0n) is 27.2. The number of aromatic nitrogens is 2. The Morgan fingerprint density at radius 1 is 0.940 bits per heavy atom. The molecule has 4 aromatic carbocycles. The van der Waals surface area contributed by atoms with Crippen LogP contribution in [0.2, 0.25) is 5.02 Å². The monoisotopic (exact) mass is 732 g/mol. The van der Waals surface area contributed by atoms with Crippen molar-refractivity contribution in [1.29, 1.82) is 0 Å². The first-order valence-electron chi connectivity index (χ1n) is 16.1. The highest BCUT2D eigenvalue weighted by molar-refractivity contribution is 8.55. The van der Waals surface area contributed by atoms with Crippen molar-refractivity contribution in [3.8, 4) is 17.2 Å². The minimum Gasteiger partial charge on any atom is -0.457 e. The van der Waals surface area contributed by atoms with Gasteiger partial charge >= 0.3 is 12.5 Å². The summed E-state index contributed by atoms with van der Waals surface area (Å²) in [6, 6.07) is 32.0. The predicted octanol–water partition coefficient (Wildman–Crippen LogP) is 8.23. The standard InChI is InChI=1S/C37H34ClN2O8PS/c1-3-50-49(43,47-31-20-12-9-17-28(31)38)48-32-21-34(40-22-24(2)35(41)39-36(40)42)46-33(32)23-44-37(25-13-5-4-6-14-25)26-15-7-10-18-29(26)45-30-19-11-8-16-27(30)37/h4-20,22,32-34H,3,21,23H2,1-2H3,(H,39,41,42)/t32-,33+,34+,49?/m0/s1. The molecule has 0 amide bonds. The minimum absolute atomic E-state index is 0.0568. The highest BCUT2D eigenvalue weighted by atomic mass is 35.5. The molecular weight excluding hydrogens is 699 g/mol. The number of hydrogen-bond donors (Lipinski definition) is 1. The van der Waals surface area contributed by atoms with Gasteiger partial charge in [0.1, 0.15) is 35.7 Å². The first kappa shape index (κ1) is 34.4. The van der Waals surface area contributed by atoms with Crippen molar-refractivity contribution < 1.29 is 27.8 Å². The second-order valence-electron chi connectivity index (χ2n) is 11.8. The van der Waals surface area contributed by atoms with Crippen LogP contribution < -0.4 is 20.5 Å². The van der Waals surface area contributed by atoms with E-state index in [-0.39, 0.29) is 23.8 Å². The summed E-state index contributed by atoms with van der Waals surface area (Å²) >= 11 is 7.41. The Labute approximate surface area is 297 Å². The average Bonchev–Trinajstić information content (AvgIpc) is 3.51.